The van der Waals surface area contributed by atoms with E-state index in [1.54, 1.807) is 18.2 Å². The van der Waals surface area contributed by atoms with Crippen molar-refractivity contribution in [2.45, 2.75) is 0 Å². The standard InChI is InChI=1S/C10H8FN/c11-10-3-1-2-7-4-5-8(12)6-9(7)10/h1-6H,12H2. The van der Waals surface area contributed by atoms with Gasteiger partial charge in [-0.2, -0.15) is 0 Å². The lowest BCUT2D eigenvalue weighted by atomic mass is 10.1. The van der Waals surface area contributed by atoms with Gasteiger partial charge in [0.15, 0.2) is 0 Å². The van der Waals surface area contributed by atoms with Crippen LogP contribution in [0.2, 0.25) is 0 Å². The lowest BCUT2D eigenvalue weighted by Gasteiger charge is -1.99. The molecule has 2 aromatic rings. The molecule has 2 rings (SSSR count). The van der Waals surface area contributed by atoms with Crippen molar-refractivity contribution in [2.24, 2.45) is 0 Å². The van der Waals surface area contributed by atoms with Crippen LogP contribution in [0.15, 0.2) is 36.4 Å². The van der Waals surface area contributed by atoms with Gasteiger partial charge in [-0.15, -0.1) is 0 Å². The molecular formula is C10H8FN. The monoisotopic (exact) mass is 161 g/mol. The number of nitrogen functional groups attached to an aromatic ring is 1. The number of hydrogen-bond acceptors (Lipinski definition) is 1. The first kappa shape index (κ1) is 7.10. The molecule has 0 heterocycles. The van der Waals surface area contributed by atoms with Gasteiger partial charge in [-0.1, -0.05) is 18.2 Å². The lowest BCUT2D eigenvalue weighted by molar-refractivity contribution is 0.640. The highest BCUT2D eigenvalue weighted by Crippen LogP contribution is 2.19. The van der Waals surface area contributed by atoms with Gasteiger partial charge in [-0.25, -0.2) is 4.39 Å². The van der Waals surface area contributed by atoms with Crippen molar-refractivity contribution in [3.8, 4) is 0 Å². The number of halogens is 1. The van der Waals surface area contributed by atoms with Gasteiger partial charge in [0.2, 0.25) is 0 Å². The molecule has 2 heteroatoms. The van der Waals surface area contributed by atoms with E-state index in [4.69, 9.17) is 5.73 Å². The maximum Gasteiger partial charge on any atom is 0.131 e. The molecular weight excluding hydrogens is 153 g/mol. The van der Waals surface area contributed by atoms with Crippen LogP contribution in [0.4, 0.5) is 10.1 Å². The molecule has 0 saturated heterocycles. The Hall–Kier alpha value is -1.57. The van der Waals surface area contributed by atoms with Crippen LogP contribution in [0.1, 0.15) is 0 Å². The van der Waals surface area contributed by atoms with Gasteiger partial charge in [0.25, 0.3) is 0 Å². The van der Waals surface area contributed by atoms with Crippen LogP contribution in [0, 0.1) is 5.82 Å². The topological polar surface area (TPSA) is 26.0 Å². The molecule has 2 N–H and O–H groups in total. The molecule has 0 unspecified atom stereocenters. The van der Waals surface area contributed by atoms with E-state index in [1.165, 1.54) is 6.07 Å². The second kappa shape index (κ2) is 2.48. The fraction of sp³-hybridized carbons (Fsp3) is 0. The number of hydrogen-bond donors (Lipinski definition) is 1. The van der Waals surface area contributed by atoms with E-state index in [9.17, 15) is 4.39 Å². The highest BCUT2D eigenvalue weighted by molar-refractivity contribution is 5.85. The molecule has 0 atom stereocenters. The summed E-state index contributed by atoms with van der Waals surface area (Å²) in [5.41, 5.74) is 6.12. The quantitative estimate of drug-likeness (QED) is 0.590. The molecule has 12 heavy (non-hydrogen) atoms. The summed E-state index contributed by atoms with van der Waals surface area (Å²) < 4.78 is 13.1. The average Bonchev–Trinajstić information content (AvgIpc) is 2.07. The van der Waals surface area contributed by atoms with Crippen molar-refractivity contribution in [1.29, 1.82) is 0 Å². The summed E-state index contributed by atoms with van der Waals surface area (Å²) >= 11 is 0. The normalized spacial score (nSPS) is 10.4. The Morgan fingerprint density at radius 1 is 1.08 bits per heavy atom. The van der Waals surface area contributed by atoms with Crippen molar-refractivity contribution < 1.29 is 4.39 Å². The minimum atomic E-state index is -0.222. The molecule has 60 valence electrons. The summed E-state index contributed by atoms with van der Waals surface area (Å²) in [5, 5.41) is 1.46. The Bertz CT molecular complexity index is 423. The highest BCUT2D eigenvalue weighted by atomic mass is 19.1. The van der Waals surface area contributed by atoms with Crippen LogP contribution in [0.25, 0.3) is 10.8 Å². The van der Waals surface area contributed by atoms with Crippen LogP contribution in [-0.2, 0) is 0 Å². The third-order valence-corrected chi connectivity index (χ3v) is 1.85. The van der Waals surface area contributed by atoms with Crippen molar-refractivity contribution in [3.63, 3.8) is 0 Å². The van der Waals surface area contributed by atoms with Crippen molar-refractivity contribution in [2.75, 3.05) is 5.73 Å². The van der Waals surface area contributed by atoms with E-state index < -0.39 is 0 Å². The summed E-state index contributed by atoms with van der Waals surface area (Å²) in [6.07, 6.45) is 0. The molecule has 0 aliphatic rings. The van der Waals surface area contributed by atoms with Gasteiger partial charge in [-0.05, 0) is 23.6 Å². The first-order valence-corrected chi connectivity index (χ1v) is 3.71. The van der Waals surface area contributed by atoms with Crippen LogP contribution in [0.5, 0.6) is 0 Å². The predicted octanol–water partition coefficient (Wildman–Crippen LogP) is 2.56. The van der Waals surface area contributed by atoms with Gasteiger partial charge in [-0.3, -0.25) is 0 Å². The molecule has 0 bridgehead atoms. The molecule has 0 radical (unpaired) electrons. The molecule has 0 fully saturated rings. The second-order valence-electron chi connectivity index (χ2n) is 2.72. The summed E-state index contributed by atoms with van der Waals surface area (Å²) in [6, 6.07) is 10.2. The van der Waals surface area contributed by atoms with Crippen molar-refractivity contribution >= 4 is 16.5 Å². The fourth-order valence-electron chi connectivity index (χ4n) is 1.25. The Kier molecular flexibility index (Phi) is 1.47. The maximum atomic E-state index is 13.1. The molecule has 0 saturated carbocycles. The second-order valence-corrected chi connectivity index (χ2v) is 2.72. The van der Waals surface area contributed by atoms with E-state index in [-0.39, 0.29) is 5.82 Å². The SMILES string of the molecule is Nc1ccc2cccc(F)c2c1. The van der Waals surface area contributed by atoms with E-state index in [2.05, 4.69) is 0 Å². The van der Waals surface area contributed by atoms with Crippen molar-refractivity contribution in [3.05, 3.63) is 42.2 Å². The molecule has 0 aromatic heterocycles. The molecule has 1 nitrogen and oxygen atoms in total. The predicted molar refractivity (Wildman–Crippen MR) is 48.3 cm³/mol. The zero-order chi connectivity index (χ0) is 8.55. The largest absolute Gasteiger partial charge is 0.399 e. The minimum absolute atomic E-state index is 0.222. The zero-order valence-electron chi connectivity index (χ0n) is 6.42. The molecule has 0 aliphatic carbocycles. The number of rotatable bonds is 0. The highest BCUT2D eigenvalue weighted by Gasteiger charge is 1.98. The lowest BCUT2D eigenvalue weighted by Crippen LogP contribution is -1.85. The fourth-order valence-corrected chi connectivity index (χ4v) is 1.25. The van der Waals surface area contributed by atoms with Crippen molar-refractivity contribution in [1.82, 2.24) is 0 Å². The van der Waals surface area contributed by atoms with Gasteiger partial charge < -0.3 is 5.73 Å². The number of benzene rings is 2. The van der Waals surface area contributed by atoms with E-state index in [0.717, 1.165) is 5.39 Å². The third-order valence-electron chi connectivity index (χ3n) is 1.85. The summed E-state index contributed by atoms with van der Waals surface area (Å²) in [7, 11) is 0. The van der Waals surface area contributed by atoms with Crippen LogP contribution < -0.4 is 5.73 Å². The summed E-state index contributed by atoms with van der Waals surface area (Å²) in [5.74, 6) is -0.222. The Balaban J connectivity index is 2.88. The first-order valence-electron chi connectivity index (χ1n) is 3.71. The molecule has 0 amide bonds. The van der Waals surface area contributed by atoms with Crippen LogP contribution in [-0.4, -0.2) is 0 Å². The molecule has 2 aromatic carbocycles. The maximum absolute atomic E-state index is 13.1. The zero-order valence-corrected chi connectivity index (χ0v) is 6.42. The molecule has 0 spiro atoms. The summed E-state index contributed by atoms with van der Waals surface area (Å²) in [6.45, 7) is 0. The van der Waals surface area contributed by atoms with E-state index in [1.807, 2.05) is 12.1 Å². The third kappa shape index (κ3) is 1.01. The van der Waals surface area contributed by atoms with Gasteiger partial charge in [0.05, 0.1) is 0 Å². The van der Waals surface area contributed by atoms with Gasteiger partial charge >= 0.3 is 0 Å². The Morgan fingerprint density at radius 2 is 1.92 bits per heavy atom. The Labute approximate surface area is 69.6 Å². The molecule has 0 aliphatic heterocycles. The van der Waals surface area contributed by atoms with Gasteiger partial charge in [0.1, 0.15) is 5.82 Å². The van der Waals surface area contributed by atoms with Crippen LogP contribution >= 0.6 is 0 Å². The number of nitrogens with two attached hydrogens (primary N) is 1. The number of anilines is 1. The summed E-state index contributed by atoms with van der Waals surface area (Å²) in [4.78, 5) is 0. The Morgan fingerprint density at radius 3 is 2.75 bits per heavy atom. The number of fused-ring (bicyclic) bond motifs is 1. The minimum Gasteiger partial charge on any atom is -0.399 e. The van der Waals surface area contributed by atoms with E-state index >= 15 is 0 Å². The smallest absolute Gasteiger partial charge is 0.131 e. The van der Waals surface area contributed by atoms with Gasteiger partial charge in [0, 0.05) is 11.1 Å². The van der Waals surface area contributed by atoms with Crippen LogP contribution in [0.3, 0.4) is 0 Å². The average molecular weight is 161 g/mol. The van der Waals surface area contributed by atoms with E-state index in [0.29, 0.717) is 11.1 Å². The first-order chi connectivity index (χ1) is 5.77.